The molecule has 0 spiro atoms. The van der Waals surface area contributed by atoms with Crippen LogP contribution in [0.15, 0.2) is 24.3 Å². The Morgan fingerprint density at radius 1 is 1.50 bits per heavy atom. The zero-order valence-electron chi connectivity index (χ0n) is 8.32. The van der Waals surface area contributed by atoms with Crippen molar-refractivity contribution in [1.29, 1.82) is 0 Å². The predicted molar refractivity (Wildman–Crippen MR) is 54.5 cm³/mol. The summed E-state index contributed by atoms with van der Waals surface area (Å²) in [4.78, 5) is 10.6. The highest BCUT2D eigenvalue weighted by molar-refractivity contribution is 5.74. The van der Waals surface area contributed by atoms with E-state index in [9.17, 15) is 4.79 Å². The number of benzene rings is 1. The highest BCUT2D eigenvalue weighted by Crippen LogP contribution is 2.41. The molecule has 0 heterocycles. The third kappa shape index (κ3) is 1.85. The fraction of sp³-hybridized carbons (Fsp3) is 0.417. The third-order valence-corrected chi connectivity index (χ3v) is 2.85. The lowest BCUT2D eigenvalue weighted by molar-refractivity contribution is 0.0807. The van der Waals surface area contributed by atoms with E-state index in [1.54, 1.807) is 7.11 Å². The van der Waals surface area contributed by atoms with Gasteiger partial charge in [0.15, 0.2) is 0 Å². The number of hydrogen-bond donors (Lipinski definition) is 0. The topological polar surface area (TPSA) is 26.3 Å². The van der Waals surface area contributed by atoms with E-state index in [4.69, 9.17) is 4.74 Å². The molecule has 0 aromatic heterocycles. The van der Waals surface area contributed by atoms with Crippen LogP contribution in [0.3, 0.4) is 0 Å². The molecule has 1 aromatic rings. The van der Waals surface area contributed by atoms with Gasteiger partial charge in [-0.1, -0.05) is 18.2 Å². The van der Waals surface area contributed by atoms with Crippen molar-refractivity contribution in [2.24, 2.45) is 0 Å². The molecule has 0 unspecified atom stereocenters. The lowest BCUT2D eigenvalue weighted by Crippen LogP contribution is -2.14. The summed E-state index contributed by atoms with van der Waals surface area (Å²) in [7, 11) is 1.76. The molecule has 0 N–H and O–H groups in total. The quantitative estimate of drug-likeness (QED) is 0.680. The van der Waals surface area contributed by atoms with Crippen molar-refractivity contribution in [2.45, 2.75) is 24.9 Å². The van der Waals surface area contributed by atoms with E-state index in [0.717, 1.165) is 31.1 Å². The lowest BCUT2D eigenvalue weighted by Gasteiger charge is -2.12. The number of hydrogen-bond acceptors (Lipinski definition) is 2. The van der Waals surface area contributed by atoms with Crippen LogP contribution in [0.1, 0.15) is 28.8 Å². The van der Waals surface area contributed by atoms with E-state index in [2.05, 4.69) is 0 Å². The van der Waals surface area contributed by atoms with Crippen LogP contribution in [0.4, 0.5) is 0 Å². The Labute approximate surface area is 83.9 Å². The van der Waals surface area contributed by atoms with Gasteiger partial charge < -0.3 is 4.74 Å². The molecule has 1 aromatic carbocycles. The van der Waals surface area contributed by atoms with E-state index >= 15 is 0 Å². The molecule has 1 fully saturated rings. The van der Waals surface area contributed by atoms with Crippen LogP contribution in [-0.4, -0.2) is 19.0 Å². The summed E-state index contributed by atoms with van der Waals surface area (Å²) in [6.45, 7) is 0. The summed E-state index contributed by atoms with van der Waals surface area (Å²) >= 11 is 0. The first-order valence-electron chi connectivity index (χ1n) is 4.87. The molecule has 2 rings (SSSR count). The van der Waals surface area contributed by atoms with Crippen LogP contribution < -0.4 is 0 Å². The molecule has 1 aliphatic rings. The van der Waals surface area contributed by atoms with Crippen LogP contribution in [-0.2, 0) is 11.2 Å². The first kappa shape index (κ1) is 9.41. The maximum Gasteiger partial charge on any atom is 0.150 e. The van der Waals surface area contributed by atoms with Crippen molar-refractivity contribution in [1.82, 2.24) is 0 Å². The zero-order chi connectivity index (χ0) is 10.0. The maximum atomic E-state index is 10.6. The van der Waals surface area contributed by atoms with Gasteiger partial charge in [-0.2, -0.15) is 0 Å². The molecule has 1 aliphatic carbocycles. The summed E-state index contributed by atoms with van der Waals surface area (Å²) in [5, 5.41) is 0. The first-order chi connectivity index (χ1) is 6.78. The number of carbonyl (C=O) groups excluding carboxylic acids is 1. The van der Waals surface area contributed by atoms with Gasteiger partial charge in [-0.05, 0) is 24.5 Å². The lowest BCUT2D eigenvalue weighted by atomic mass is 10.0. The standard InChI is InChI=1S/C12H14O2/c1-14-12(5-6-12)8-10-3-2-4-11(7-10)9-13/h2-4,7,9H,5-6,8H2,1H3. The normalized spacial score (nSPS) is 17.8. The monoisotopic (exact) mass is 190 g/mol. The predicted octanol–water partition coefficient (Wildman–Crippen LogP) is 2.22. The molecule has 0 amide bonds. The van der Waals surface area contributed by atoms with Crippen molar-refractivity contribution < 1.29 is 9.53 Å². The van der Waals surface area contributed by atoms with Gasteiger partial charge in [-0.3, -0.25) is 4.79 Å². The van der Waals surface area contributed by atoms with E-state index < -0.39 is 0 Å². The smallest absolute Gasteiger partial charge is 0.150 e. The van der Waals surface area contributed by atoms with Crippen molar-refractivity contribution in [3.8, 4) is 0 Å². The average molecular weight is 190 g/mol. The van der Waals surface area contributed by atoms with Crippen LogP contribution in [0.5, 0.6) is 0 Å². The summed E-state index contributed by atoms with van der Waals surface area (Å²) < 4.78 is 5.44. The minimum Gasteiger partial charge on any atom is -0.378 e. The fourth-order valence-electron chi connectivity index (χ4n) is 1.74. The number of rotatable bonds is 4. The molecule has 0 bridgehead atoms. The summed E-state index contributed by atoms with van der Waals surface area (Å²) in [5.74, 6) is 0. The Hall–Kier alpha value is -1.15. The largest absolute Gasteiger partial charge is 0.378 e. The molecular weight excluding hydrogens is 176 g/mol. The van der Waals surface area contributed by atoms with Gasteiger partial charge in [0.2, 0.25) is 0 Å². The molecule has 0 radical (unpaired) electrons. The first-order valence-corrected chi connectivity index (χ1v) is 4.87. The third-order valence-electron chi connectivity index (χ3n) is 2.85. The molecule has 0 saturated heterocycles. The Balaban J connectivity index is 2.12. The summed E-state index contributed by atoms with van der Waals surface area (Å²) in [6.07, 6.45) is 4.07. The highest BCUT2D eigenvalue weighted by atomic mass is 16.5. The molecule has 2 nitrogen and oxygen atoms in total. The maximum absolute atomic E-state index is 10.6. The molecule has 0 atom stereocenters. The van der Waals surface area contributed by atoms with Crippen LogP contribution >= 0.6 is 0 Å². The SMILES string of the molecule is COC1(Cc2cccc(C=O)c2)CC1. The fourth-order valence-corrected chi connectivity index (χ4v) is 1.74. The molecule has 2 heteroatoms. The second kappa shape index (κ2) is 3.54. The number of ether oxygens (including phenoxy) is 1. The number of aldehydes is 1. The van der Waals surface area contributed by atoms with Gasteiger partial charge in [0, 0.05) is 19.1 Å². The van der Waals surface area contributed by atoms with Crippen LogP contribution in [0.2, 0.25) is 0 Å². The Bertz CT molecular complexity index is 340. The van der Waals surface area contributed by atoms with Crippen molar-refractivity contribution in [3.05, 3.63) is 35.4 Å². The van der Waals surface area contributed by atoms with E-state index in [0.29, 0.717) is 0 Å². The van der Waals surface area contributed by atoms with Gasteiger partial charge in [-0.25, -0.2) is 0 Å². The van der Waals surface area contributed by atoms with Gasteiger partial charge >= 0.3 is 0 Å². The summed E-state index contributed by atoms with van der Waals surface area (Å²) in [5.41, 5.74) is 2.00. The second-order valence-electron chi connectivity index (χ2n) is 3.93. The van der Waals surface area contributed by atoms with Crippen molar-refractivity contribution in [3.63, 3.8) is 0 Å². The Morgan fingerprint density at radius 3 is 2.86 bits per heavy atom. The van der Waals surface area contributed by atoms with Crippen molar-refractivity contribution in [2.75, 3.05) is 7.11 Å². The summed E-state index contributed by atoms with van der Waals surface area (Å²) in [6, 6.07) is 7.73. The minimum atomic E-state index is 0.0709. The molecule has 0 aliphatic heterocycles. The van der Waals surface area contributed by atoms with E-state index in [1.807, 2.05) is 24.3 Å². The molecule has 74 valence electrons. The molecule has 1 saturated carbocycles. The molecular formula is C12H14O2. The average Bonchev–Trinajstić information content (AvgIpc) is 2.99. The van der Waals surface area contributed by atoms with Gasteiger partial charge in [-0.15, -0.1) is 0 Å². The molecule has 14 heavy (non-hydrogen) atoms. The number of methoxy groups -OCH3 is 1. The van der Waals surface area contributed by atoms with E-state index in [1.165, 1.54) is 5.56 Å². The Morgan fingerprint density at radius 2 is 2.29 bits per heavy atom. The Kier molecular flexibility index (Phi) is 2.38. The zero-order valence-corrected chi connectivity index (χ0v) is 8.32. The van der Waals surface area contributed by atoms with Crippen LogP contribution in [0.25, 0.3) is 0 Å². The van der Waals surface area contributed by atoms with Crippen molar-refractivity contribution >= 4 is 6.29 Å². The highest BCUT2D eigenvalue weighted by Gasteiger charge is 2.42. The van der Waals surface area contributed by atoms with Gasteiger partial charge in [0.25, 0.3) is 0 Å². The van der Waals surface area contributed by atoms with E-state index in [-0.39, 0.29) is 5.60 Å². The van der Waals surface area contributed by atoms with Gasteiger partial charge in [0.1, 0.15) is 6.29 Å². The van der Waals surface area contributed by atoms with Crippen LogP contribution in [0, 0.1) is 0 Å². The number of carbonyl (C=O) groups is 1. The second-order valence-corrected chi connectivity index (χ2v) is 3.93. The minimum absolute atomic E-state index is 0.0709. The van der Waals surface area contributed by atoms with Gasteiger partial charge in [0.05, 0.1) is 5.60 Å².